The van der Waals surface area contributed by atoms with Crippen LogP contribution in [0.2, 0.25) is 0 Å². The summed E-state index contributed by atoms with van der Waals surface area (Å²) in [6.45, 7) is 0.585. The van der Waals surface area contributed by atoms with Gasteiger partial charge < -0.3 is 10.3 Å². The molecule has 1 fully saturated rings. The van der Waals surface area contributed by atoms with Gasteiger partial charge in [0.1, 0.15) is 15.5 Å². The SMILES string of the molecule is CS(=O)(=O)C1CCC(CNC(=O)c2c[nH]cn2)CC1. The highest BCUT2D eigenvalue weighted by molar-refractivity contribution is 7.91. The molecule has 1 heterocycles. The van der Waals surface area contributed by atoms with Crippen molar-refractivity contribution in [2.24, 2.45) is 5.92 Å². The smallest absolute Gasteiger partial charge is 0.271 e. The molecule has 1 amide bonds. The Morgan fingerprint density at radius 1 is 1.42 bits per heavy atom. The van der Waals surface area contributed by atoms with Gasteiger partial charge in [-0.15, -0.1) is 0 Å². The molecule has 2 rings (SSSR count). The highest BCUT2D eigenvalue weighted by Gasteiger charge is 2.27. The van der Waals surface area contributed by atoms with Crippen LogP contribution in [0.25, 0.3) is 0 Å². The van der Waals surface area contributed by atoms with Crippen molar-refractivity contribution >= 4 is 15.7 Å². The number of aromatic nitrogens is 2. The molecule has 2 N–H and O–H groups in total. The first-order chi connectivity index (χ1) is 8.97. The van der Waals surface area contributed by atoms with Gasteiger partial charge in [-0.3, -0.25) is 4.79 Å². The average molecular weight is 285 g/mol. The van der Waals surface area contributed by atoms with Gasteiger partial charge in [-0.25, -0.2) is 13.4 Å². The van der Waals surface area contributed by atoms with Gasteiger partial charge >= 0.3 is 0 Å². The number of nitrogens with zero attached hydrogens (tertiary/aromatic N) is 1. The van der Waals surface area contributed by atoms with Crippen molar-refractivity contribution in [3.63, 3.8) is 0 Å². The van der Waals surface area contributed by atoms with E-state index in [9.17, 15) is 13.2 Å². The Morgan fingerprint density at radius 2 is 2.11 bits per heavy atom. The summed E-state index contributed by atoms with van der Waals surface area (Å²) in [6, 6.07) is 0. The first-order valence-electron chi connectivity index (χ1n) is 6.42. The minimum atomic E-state index is -2.92. The summed E-state index contributed by atoms with van der Waals surface area (Å²) in [5, 5.41) is 2.63. The molecule has 1 aliphatic carbocycles. The van der Waals surface area contributed by atoms with Gasteiger partial charge in [0.2, 0.25) is 0 Å². The number of rotatable bonds is 4. The Hall–Kier alpha value is -1.37. The first kappa shape index (κ1) is 14.0. The third kappa shape index (κ3) is 3.79. The minimum Gasteiger partial charge on any atom is -0.350 e. The molecule has 1 aliphatic rings. The van der Waals surface area contributed by atoms with Gasteiger partial charge in [0, 0.05) is 19.0 Å². The summed E-state index contributed by atoms with van der Waals surface area (Å²) < 4.78 is 22.9. The zero-order valence-corrected chi connectivity index (χ0v) is 11.7. The third-order valence-electron chi connectivity index (χ3n) is 3.68. The molecular formula is C12H19N3O3S. The van der Waals surface area contributed by atoms with Crippen LogP contribution in [-0.2, 0) is 9.84 Å². The maximum atomic E-state index is 11.7. The molecule has 0 aliphatic heterocycles. The molecule has 0 unspecified atom stereocenters. The van der Waals surface area contributed by atoms with Crippen LogP contribution in [0.15, 0.2) is 12.5 Å². The second kappa shape index (κ2) is 5.73. The fraction of sp³-hybridized carbons (Fsp3) is 0.667. The third-order valence-corrected chi connectivity index (χ3v) is 5.36. The lowest BCUT2D eigenvalue weighted by molar-refractivity contribution is 0.0939. The normalized spacial score (nSPS) is 24.1. The maximum absolute atomic E-state index is 11.7. The van der Waals surface area contributed by atoms with Crippen LogP contribution >= 0.6 is 0 Å². The van der Waals surface area contributed by atoms with Crippen LogP contribution in [0.5, 0.6) is 0 Å². The van der Waals surface area contributed by atoms with Gasteiger partial charge in [-0.2, -0.15) is 0 Å². The standard InChI is InChI=1S/C12H19N3O3S/c1-19(17,18)10-4-2-9(3-5-10)6-14-12(16)11-7-13-8-15-11/h7-10H,2-6H2,1H3,(H,13,15)(H,14,16). The molecule has 0 saturated heterocycles. The Kier molecular flexibility index (Phi) is 4.24. The van der Waals surface area contributed by atoms with Crippen molar-refractivity contribution in [3.8, 4) is 0 Å². The van der Waals surface area contributed by atoms with E-state index in [1.54, 1.807) is 6.20 Å². The van der Waals surface area contributed by atoms with E-state index in [1.807, 2.05) is 0 Å². The van der Waals surface area contributed by atoms with E-state index < -0.39 is 9.84 Å². The summed E-state index contributed by atoms with van der Waals surface area (Å²) in [6.07, 6.45) is 7.40. The Bertz CT molecular complexity index is 516. The van der Waals surface area contributed by atoms with Crippen molar-refractivity contribution in [1.29, 1.82) is 0 Å². The molecule has 6 nitrogen and oxygen atoms in total. The van der Waals surface area contributed by atoms with Gasteiger partial charge in [0.25, 0.3) is 5.91 Å². The number of nitrogens with one attached hydrogen (secondary N) is 2. The van der Waals surface area contributed by atoms with Crippen molar-refractivity contribution in [2.45, 2.75) is 30.9 Å². The Labute approximate surface area is 112 Å². The van der Waals surface area contributed by atoms with E-state index >= 15 is 0 Å². The molecule has 7 heteroatoms. The number of imidazole rings is 1. The van der Waals surface area contributed by atoms with Gasteiger partial charge in [0.05, 0.1) is 11.6 Å². The lowest BCUT2D eigenvalue weighted by Gasteiger charge is -2.27. The summed E-state index contributed by atoms with van der Waals surface area (Å²) >= 11 is 0. The van der Waals surface area contributed by atoms with E-state index in [4.69, 9.17) is 0 Å². The highest BCUT2D eigenvalue weighted by atomic mass is 32.2. The van der Waals surface area contributed by atoms with Crippen LogP contribution in [0.3, 0.4) is 0 Å². The van der Waals surface area contributed by atoms with E-state index in [-0.39, 0.29) is 11.2 Å². The zero-order valence-electron chi connectivity index (χ0n) is 10.9. The van der Waals surface area contributed by atoms with Crippen molar-refractivity contribution in [1.82, 2.24) is 15.3 Å². The summed E-state index contributed by atoms with van der Waals surface area (Å²) in [5.74, 6) is 0.173. The highest BCUT2D eigenvalue weighted by Crippen LogP contribution is 2.27. The summed E-state index contributed by atoms with van der Waals surface area (Å²) in [4.78, 5) is 18.3. The van der Waals surface area contributed by atoms with E-state index in [1.165, 1.54) is 12.6 Å². The number of carbonyl (C=O) groups is 1. The van der Waals surface area contributed by atoms with Gasteiger partial charge in [0.15, 0.2) is 0 Å². The van der Waals surface area contributed by atoms with Crippen LogP contribution in [-0.4, -0.2) is 42.3 Å². The lowest BCUT2D eigenvalue weighted by atomic mass is 9.89. The molecule has 0 aromatic carbocycles. The van der Waals surface area contributed by atoms with Gasteiger partial charge in [-0.1, -0.05) is 0 Å². The molecule has 0 spiro atoms. The monoisotopic (exact) mass is 285 g/mol. The van der Waals surface area contributed by atoms with Crippen LogP contribution in [0.4, 0.5) is 0 Å². The summed E-state index contributed by atoms with van der Waals surface area (Å²) in [7, 11) is -2.92. The van der Waals surface area contributed by atoms with Crippen molar-refractivity contribution in [2.75, 3.05) is 12.8 Å². The number of hydrogen-bond acceptors (Lipinski definition) is 4. The van der Waals surface area contributed by atoms with E-state index in [2.05, 4.69) is 15.3 Å². The maximum Gasteiger partial charge on any atom is 0.271 e. The fourth-order valence-electron chi connectivity index (χ4n) is 2.48. The molecule has 0 radical (unpaired) electrons. The van der Waals surface area contributed by atoms with Gasteiger partial charge in [-0.05, 0) is 31.6 Å². The Balaban J connectivity index is 1.76. The average Bonchev–Trinajstić information content (AvgIpc) is 2.89. The number of amides is 1. The van der Waals surface area contributed by atoms with Crippen molar-refractivity contribution < 1.29 is 13.2 Å². The topological polar surface area (TPSA) is 91.9 Å². The lowest BCUT2D eigenvalue weighted by Crippen LogP contribution is -2.34. The second-order valence-corrected chi connectivity index (χ2v) is 7.46. The molecule has 1 aromatic heterocycles. The van der Waals surface area contributed by atoms with Crippen LogP contribution in [0, 0.1) is 5.92 Å². The molecule has 0 atom stereocenters. The predicted molar refractivity (Wildman–Crippen MR) is 71.5 cm³/mol. The van der Waals surface area contributed by atoms with E-state index in [0.29, 0.717) is 31.0 Å². The molecule has 1 aromatic rings. The zero-order chi connectivity index (χ0) is 13.9. The minimum absolute atomic E-state index is 0.188. The predicted octanol–water partition coefficient (Wildman–Crippen LogP) is 0.743. The molecule has 106 valence electrons. The number of hydrogen-bond donors (Lipinski definition) is 2. The Morgan fingerprint density at radius 3 is 2.63 bits per heavy atom. The second-order valence-electron chi connectivity index (χ2n) is 5.14. The van der Waals surface area contributed by atoms with E-state index in [0.717, 1.165) is 12.8 Å². The molecular weight excluding hydrogens is 266 g/mol. The first-order valence-corrected chi connectivity index (χ1v) is 8.38. The van der Waals surface area contributed by atoms with Crippen LogP contribution in [0.1, 0.15) is 36.2 Å². The largest absolute Gasteiger partial charge is 0.350 e. The number of sulfone groups is 1. The van der Waals surface area contributed by atoms with Crippen LogP contribution < -0.4 is 5.32 Å². The van der Waals surface area contributed by atoms with Crippen molar-refractivity contribution in [3.05, 3.63) is 18.2 Å². The number of H-pyrrole nitrogens is 1. The molecule has 0 bridgehead atoms. The fourth-order valence-corrected chi connectivity index (χ4v) is 3.60. The number of carbonyl (C=O) groups excluding carboxylic acids is 1. The molecule has 19 heavy (non-hydrogen) atoms. The number of aromatic amines is 1. The summed E-state index contributed by atoms with van der Waals surface area (Å²) in [5.41, 5.74) is 0.379. The molecule has 1 saturated carbocycles. The quantitative estimate of drug-likeness (QED) is 0.853.